The fourth-order valence-corrected chi connectivity index (χ4v) is 2.16. The first-order valence-corrected chi connectivity index (χ1v) is 6.38. The van der Waals surface area contributed by atoms with Crippen molar-refractivity contribution in [3.63, 3.8) is 0 Å². The number of alkyl halides is 3. The number of rotatable bonds is 2. The van der Waals surface area contributed by atoms with Crippen molar-refractivity contribution in [1.29, 1.82) is 0 Å². The van der Waals surface area contributed by atoms with Crippen LogP contribution in [0.15, 0.2) is 24.7 Å². The Kier molecular flexibility index (Phi) is 3.46. The highest BCUT2D eigenvalue weighted by Gasteiger charge is 2.32. The Bertz CT molecular complexity index is 639. The van der Waals surface area contributed by atoms with E-state index in [0.717, 1.165) is 36.5 Å². The van der Waals surface area contributed by atoms with Crippen LogP contribution in [0.4, 0.5) is 24.7 Å². The second-order valence-electron chi connectivity index (χ2n) is 4.63. The molecule has 1 aliphatic rings. The lowest BCUT2D eigenvalue weighted by molar-refractivity contribution is -0.141. The van der Waals surface area contributed by atoms with Crippen LogP contribution in [0.1, 0.15) is 17.0 Å². The molecule has 0 saturated carbocycles. The summed E-state index contributed by atoms with van der Waals surface area (Å²) in [4.78, 5) is 11.8. The van der Waals surface area contributed by atoms with Crippen LogP contribution in [-0.4, -0.2) is 21.5 Å². The van der Waals surface area contributed by atoms with Crippen LogP contribution in [0.5, 0.6) is 0 Å². The van der Waals surface area contributed by atoms with Crippen molar-refractivity contribution >= 4 is 11.5 Å². The van der Waals surface area contributed by atoms with Crippen LogP contribution < -0.4 is 10.6 Å². The summed E-state index contributed by atoms with van der Waals surface area (Å²) in [5.74, 6) is 0.614. The number of nitrogens with zero attached hydrogens (tertiary/aromatic N) is 3. The summed E-state index contributed by atoms with van der Waals surface area (Å²) in [7, 11) is 0. The van der Waals surface area contributed by atoms with Gasteiger partial charge in [0.25, 0.3) is 0 Å². The molecule has 3 rings (SSSR count). The fraction of sp³-hybridized carbons (Fsp3) is 0.308. The van der Waals surface area contributed by atoms with Gasteiger partial charge < -0.3 is 10.6 Å². The molecule has 21 heavy (non-hydrogen) atoms. The number of anilines is 2. The molecule has 1 aliphatic heterocycles. The van der Waals surface area contributed by atoms with E-state index in [1.54, 1.807) is 0 Å². The zero-order valence-electron chi connectivity index (χ0n) is 10.9. The van der Waals surface area contributed by atoms with Gasteiger partial charge in [0, 0.05) is 12.1 Å². The molecule has 0 radical (unpaired) electrons. The molecule has 2 aromatic rings. The van der Waals surface area contributed by atoms with Crippen LogP contribution in [0, 0.1) is 0 Å². The van der Waals surface area contributed by atoms with Crippen LogP contribution in [-0.2, 0) is 19.1 Å². The van der Waals surface area contributed by atoms with Gasteiger partial charge in [-0.3, -0.25) is 0 Å². The standard InChI is InChI=1S/C13H12F3N5/c14-13(15,16)11-2-1-8(5-18-11)21-12-9-3-4-17-6-10(9)19-7-20-12/h1-2,5,7,17H,3-4,6H2,(H,19,20,21). The molecule has 2 N–H and O–H groups in total. The molecule has 2 aromatic heterocycles. The van der Waals surface area contributed by atoms with E-state index < -0.39 is 11.9 Å². The minimum Gasteiger partial charge on any atom is -0.339 e. The summed E-state index contributed by atoms with van der Waals surface area (Å²) in [6.45, 7) is 1.48. The highest BCUT2D eigenvalue weighted by atomic mass is 19.4. The van der Waals surface area contributed by atoms with Crippen molar-refractivity contribution in [3.8, 4) is 0 Å². The lowest BCUT2D eigenvalue weighted by Gasteiger charge is -2.19. The number of aromatic nitrogens is 3. The van der Waals surface area contributed by atoms with Gasteiger partial charge in [0.1, 0.15) is 17.8 Å². The first-order chi connectivity index (χ1) is 10.0. The van der Waals surface area contributed by atoms with E-state index in [0.29, 0.717) is 18.1 Å². The molecule has 5 nitrogen and oxygen atoms in total. The fourth-order valence-electron chi connectivity index (χ4n) is 2.16. The van der Waals surface area contributed by atoms with E-state index in [4.69, 9.17) is 0 Å². The Morgan fingerprint density at radius 2 is 2.00 bits per heavy atom. The lowest BCUT2D eigenvalue weighted by atomic mass is 10.1. The van der Waals surface area contributed by atoms with E-state index in [9.17, 15) is 13.2 Å². The molecule has 0 spiro atoms. The quantitative estimate of drug-likeness (QED) is 0.890. The maximum absolute atomic E-state index is 12.5. The third-order valence-electron chi connectivity index (χ3n) is 3.20. The molecule has 0 aliphatic carbocycles. The molecule has 0 amide bonds. The van der Waals surface area contributed by atoms with E-state index in [-0.39, 0.29) is 0 Å². The molecule has 3 heterocycles. The van der Waals surface area contributed by atoms with E-state index >= 15 is 0 Å². The summed E-state index contributed by atoms with van der Waals surface area (Å²) in [6.07, 6.45) is -1.07. The van der Waals surface area contributed by atoms with Crippen molar-refractivity contribution in [2.45, 2.75) is 19.1 Å². The number of halogens is 3. The van der Waals surface area contributed by atoms with Gasteiger partial charge in [-0.25, -0.2) is 15.0 Å². The Morgan fingerprint density at radius 3 is 2.71 bits per heavy atom. The van der Waals surface area contributed by atoms with Crippen molar-refractivity contribution < 1.29 is 13.2 Å². The molecule has 0 aromatic carbocycles. The van der Waals surface area contributed by atoms with Gasteiger partial charge in [-0.1, -0.05) is 0 Å². The number of fused-ring (bicyclic) bond motifs is 1. The topological polar surface area (TPSA) is 62.7 Å². The maximum Gasteiger partial charge on any atom is 0.433 e. The number of hydrogen-bond donors (Lipinski definition) is 2. The summed E-state index contributed by atoms with van der Waals surface area (Å²) in [5, 5.41) is 6.20. The van der Waals surface area contributed by atoms with Crippen molar-refractivity contribution in [1.82, 2.24) is 20.3 Å². The van der Waals surface area contributed by atoms with Gasteiger partial charge in [0.15, 0.2) is 0 Å². The summed E-state index contributed by atoms with van der Waals surface area (Å²) >= 11 is 0. The summed E-state index contributed by atoms with van der Waals surface area (Å²) in [5.41, 5.74) is 1.43. The molecule has 0 unspecified atom stereocenters. The van der Waals surface area contributed by atoms with Gasteiger partial charge in [-0.2, -0.15) is 13.2 Å². The Balaban J connectivity index is 1.84. The first-order valence-electron chi connectivity index (χ1n) is 6.38. The van der Waals surface area contributed by atoms with Gasteiger partial charge in [-0.05, 0) is 25.1 Å². The van der Waals surface area contributed by atoms with Crippen LogP contribution >= 0.6 is 0 Å². The lowest BCUT2D eigenvalue weighted by Crippen LogP contribution is -2.25. The monoisotopic (exact) mass is 295 g/mol. The van der Waals surface area contributed by atoms with Gasteiger partial charge in [0.2, 0.25) is 0 Å². The van der Waals surface area contributed by atoms with E-state index in [1.165, 1.54) is 12.4 Å². The predicted molar refractivity (Wildman–Crippen MR) is 70.0 cm³/mol. The molecule has 0 bridgehead atoms. The third kappa shape index (κ3) is 2.94. The minimum absolute atomic E-state index is 0.461. The molecule has 0 atom stereocenters. The van der Waals surface area contributed by atoms with E-state index in [2.05, 4.69) is 25.6 Å². The second-order valence-corrected chi connectivity index (χ2v) is 4.63. The van der Waals surface area contributed by atoms with Crippen LogP contribution in [0.2, 0.25) is 0 Å². The molecule has 0 fully saturated rings. The average Bonchev–Trinajstić information content (AvgIpc) is 2.47. The molecular weight excluding hydrogens is 283 g/mol. The van der Waals surface area contributed by atoms with Crippen molar-refractivity contribution in [2.24, 2.45) is 0 Å². The smallest absolute Gasteiger partial charge is 0.339 e. The molecule has 8 heteroatoms. The van der Waals surface area contributed by atoms with E-state index in [1.807, 2.05) is 0 Å². The van der Waals surface area contributed by atoms with Crippen LogP contribution in [0.3, 0.4) is 0 Å². The minimum atomic E-state index is -4.43. The first kappa shape index (κ1) is 13.7. The number of hydrogen-bond acceptors (Lipinski definition) is 5. The largest absolute Gasteiger partial charge is 0.433 e. The molecular formula is C13H12F3N5. The van der Waals surface area contributed by atoms with Crippen molar-refractivity contribution in [3.05, 3.63) is 41.6 Å². The highest BCUT2D eigenvalue weighted by Crippen LogP contribution is 2.28. The van der Waals surface area contributed by atoms with Gasteiger partial charge in [0.05, 0.1) is 17.6 Å². The Morgan fingerprint density at radius 1 is 1.14 bits per heavy atom. The molecule has 110 valence electrons. The third-order valence-corrected chi connectivity index (χ3v) is 3.20. The maximum atomic E-state index is 12.5. The Labute approximate surface area is 118 Å². The second kappa shape index (κ2) is 5.28. The van der Waals surface area contributed by atoms with Gasteiger partial charge in [-0.15, -0.1) is 0 Å². The highest BCUT2D eigenvalue weighted by molar-refractivity contribution is 5.59. The predicted octanol–water partition coefficient (Wildman–Crippen LogP) is 2.28. The van der Waals surface area contributed by atoms with Crippen LogP contribution in [0.25, 0.3) is 0 Å². The summed E-state index contributed by atoms with van der Waals surface area (Å²) < 4.78 is 37.4. The number of pyridine rings is 1. The zero-order chi connectivity index (χ0) is 14.9. The zero-order valence-corrected chi connectivity index (χ0v) is 10.9. The molecule has 0 saturated heterocycles. The SMILES string of the molecule is FC(F)(F)c1ccc(Nc2ncnc3c2CCNC3)cn1. The Hall–Kier alpha value is -2.22. The van der Waals surface area contributed by atoms with Crippen molar-refractivity contribution in [2.75, 3.05) is 11.9 Å². The number of nitrogens with one attached hydrogen (secondary N) is 2. The normalized spacial score (nSPS) is 14.6. The van der Waals surface area contributed by atoms with Gasteiger partial charge >= 0.3 is 6.18 Å². The summed E-state index contributed by atoms with van der Waals surface area (Å²) in [6, 6.07) is 2.28. The average molecular weight is 295 g/mol.